The quantitative estimate of drug-likeness (QED) is 0.811. The monoisotopic (exact) mass is 301 g/mol. The molecule has 1 aliphatic heterocycles. The molecule has 0 aliphatic carbocycles. The van der Waals surface area contributed by atoms with Crippen LogP contribution in [-0.2, 0) is 9.53 Å². The number of amides is 1. The maximum Gasteiger partial charge on any atom is 0.359 e. The molecule has 22 heavy (non-hydrogen) atoms. The van der Waals surface area contributed by atoms with Crippen LogP contribution in [0.25, 0.3) is 5.65 Å². The lowest BCUT2D eigenvalue weighted by atomic mass is 10.1. The van der Waals surface area contributed by atoms with E-state index in [2.05, 4.69) is 4.98 Å². The van der Waals surface area contributed by atoms with Gasteiger partial charge in [0.15, 0.2) is 12.3 Å². The molecule has 3 heterocycles. The number of hydrogen-bond acceptors (Lipinski definition) is 4. The Labute approximate surface area is 128 Å². The Kier molecular flexibility index (Phi) is 4.09. The highest BCUT2D eigenvalue weighted by atomic mass is 16.5. The van der Waals surface area contributed by atoms with Crippen LogP contribution in [0.3, 0.4) is 0 Å². The van der Waals surface area contributed by atoms with Gasteiger partial charge in [-0.15, -0.1) is 0 Å². The van der Waals surface area contributed by atoms with Gasteiger partial charge < -0.3 is 14.0 Å². The van der Waals surface area contributed by atoms with Gasteiger partial charge in [0.2, 0.25) is 0 Å². The summed E-state index contributed by atoms with van der Waals surface area (Å²) in [6, 6.07) is 3.82. The SMILES string of the molecule is Cc1ccn2cc(C(=O)OCC(=O)N3CCCCC3)nc2c1. The summed E-state index contributed by atoms with van der Waals surface area (Å²) in [7, 11) is 0. The van der Waals surface area contributed by atoms with E-state index in [1.54, 1.807) is 15.5 Å². The van der Waals surface area contributed by atoms with E-state index in [1.165, 1.54) is 0 Å². The predicted octanol–water partition coefficient (Wildman–Crippen LogP) is 1.81. The zero-order valence-corrected chi connectivity index (χ0v) is 12.6. The summed E-state index contributed by atoms with van der Waals surface area (Å²) in [6.07, 6.45) is 6.65. The second-order valence-corrected chi connectivity index (χ2v) is 5.61. The molecule has 6 nitrogen and oxygen atoms in total. The number of esters is 1. The zero-order chi connectivity index (χ0) is 15.5. The summed E-state index contributed by atoms with van der Waals surface area (Å²) in [5, 5.41) is 0. The minimum absolute atomic E-state index is 0.132. The van der Waals surface area contributed by atoms with Gasteiger partial charge >= 0.3 is 5.97 Å². The van der Waals surface area contributed by atoms with Crippen molar-refractivity contribution in [3.8, 4) is 0 Å². The molecule has 0 aromatic carbocycles. The summed E-state index contributed by atoms with van der Waals surface area (Å²) in [4.78, 5) is 30.0. The first-order valence-corrected chi connectivity index (χ1v) is 7.54. The molecule has 1 amide bonds. The Morgan fingerprint density at radius 2 is 2.05 bits per heavy atom. The highest BCUT2D eigenvalue weighted by Gasteiger charge is 2.19. The zero-order valence-electron chi connectivity index (χ0n) is 12.6. The third-order valence-electron chi connectivity index (χ3n) is 3.86. The number of imidazole rings is 1. The molecule has 0 bridgehead atoms. The van der Waals surface area contributed by atoms with Crippen LogP contribution >= 0.6 is 0 Å². The molecule has 0 atom stereocenters. The lowest BCUT2D eigenvalue weighted by Crippen LogP contribution is -2.38. The van der Waals surface area contributed by atoms with Gasteiger partial charge in [-0.3, -0.25) is 4.79 Å². The summed E-state index contributed by atoms with van der Waals surface area (Å²) < 4.78 is 6.86. The van der Waals surface area contributed by atoms with Gasteiger partial charge in [-0.05, 0) is 43.9 Å². The van der Waals surface area contributed by atoms with Crippen molar-refractivity contribution in [1.82, 2.24) is 14.3 Å². The van der Waals surface area contributed by atoms with Crippen molar-refractivity contribution in [1.29, 1.82) is 0 Å². The van der Waals surface area contributed by atoms with Crippen LogP contribution in [0.1, 0.15) is 35.3 Å². The van der Waals surface area contributed by atoms with Crippen molar-refractivity contribution < 1.29 is 14.3 Å². The molecular formula is C16H19N3O3. The number of carbonyl (C=O) groups is 2. The first-order valence-electron chi connectivity index (χ1n) is 7.54. The second kappa shape index (κ2) is 6.17. The Morgan fingerprint density at radius 3 is 2.82 bits per heavy atom. The maximum atomic E-state index is 12.0. The minimum Gasteiger partial charge on any atom is -0.451 e. The smallest absolute Gasteiger partial charge is 0.359 e. The van der Waals surface area contributed by atoms with Crippen LogP contribution in [0, 0.1) is 6.92 Å². The number of aromatic nitrogens is 2. The minimum atomic E-state index is -0.563. The van der Waals surface area contributed by atoms with E-state index in [0.29, 0.717) is 5.65 Å². The molecule has 0 unspecified atom stereocenters. The van der Waals surface area contributed by atoms with E-state index in [0.717, 1.165) is 37.9 Å². The van der Waals surface area contributed by atoms with E-state index < -0.39 is 5.97 Å². The molecule has 1 fully saturated rings. The van der Waals surface area contributed by atoms with Gasteiger partial charge in [-0.2, -0.15) is 0 Å². The van der Waals surface area contributed by atoms with E-state index >= 15 is 0 Å². The van der Waals surface area contributed by atoms with Crippen molar-refractivity contribution >= 4 is 17.5 Å². The largest absolute Gasteiger partial charge is 0.451 e. The lowest BCUT2D eigenvalue weighted by Gasteiger charge is -2.26. The average Bonchev–Trinajstić information content (AvgIpc) is 2.96. The Hall–Kier alpha value is -2.37. The number of aryl methyl sites for hydroxylation is 1. The Morgan fingerprint density at radius 1 is 1.27 bits per heavy atom. The second-order valence-electron chi connectivity index (χ2n) is 5.61. The fourth-order valence-corrected chi connectivity index (χ4v) is 2.62. The number of carbonyl (C=O) groups excluding carboxylic acids is 2. The van der Waals surface area contributed by atoms with E-state index in [4.69, 9.17) is 4.74 Å². The summed E-state index contributed by atoms with van der Waals surface area (Å²) in [6.45, 7) is 3.25. The molecule has 3 rings (SSSR count). The topological polar surface area (TPSA) is 63.9 Å². The fraction of sp³-hybridized carbons (Fsp3) is 0.438. The van der Waals surface area contributed by atoms with Crippen LogP contribution in [0.5, 0.6) is 0 Å². The molecule has 6 heteroatoms. The van der Waals surface area contributed by atoms with Crippen LogP contribution in [0.2, 0.25) is 0 Å². The summed E-state index contributed by atoms with van der Waals surface area (Å²) >= 11 is 0. The molecule has 116 valence electrons. The van der Waals surface area contributed by atoms with Crippen molar-refractivity contribution in [2.45, 2.75) is 26.2 Å². The van der Waals surface area contributed by atoms with Gasteiger partial charge in [-0.25, -0.2) is 9.78 Å². The molecule has 0 spiro atoms. The molecule has 1 saturated heterocycles. The van der Waals surface area contributed by atoms with Crippen LogP contribution in [0.4, 0.5) is 0 Å². The molecule has 2 aromatic rings. The standard InChI is InChI=1S/C16H19N3O3/c1-12-5-8-19-10-13(17-14(19)9-12)16(21)22-11-15(20)18-6-3-2-4-7-18/h5,8-10H,2-4,6-7,11H2,1H3. The number of likely N-dealkylation sites (tertiary alicyclic amines) is 1. The maximum absolute atomic E-state index is 12.0. The summed E-state index contributed by atoms with van der Waals surface area (Å²) in [5.41, 5.74) is 1.98. The van der Waals surface area contributed by atoms with E-state index in [1.807, 2.05) is 25.3 Å². The van der Waals surface area contributed by atoms with Crippen molar-refractivity contribution in [3.05, 3.63) is 35.8 Å². The average molecular weight is 301 g/mol. The van der Waals surface area contributed by atoms with Crippen molar-refractivity contribution in [2.75, 3.05) is 19.7 Å². The fourth-order valence-electron chi connectivity index (χ4n) is 2.62. The van der Waals surface area contributed by atoms with Crippen LogP contribution in [-0.4, -0.2) is 45.9 Å². The van der Waals surface area contributed by atoms with E-state index in [-0.39, 0.29) is 18.2 Å². The first kappa shape index (κ1) is 14.6. The van der Waals surface area contributed by atoms with Gasteiger partial charge in [0.1, 0.15) is 5.65 Å². The Balaban J connectivity index is 1.61. The van der Waals surface area contributed by atoms with E-state index in [9.17, 15) is 9.59 Å². The van der Waals surface area contributed by atoms with Crippen molar-refractivity contribution in [2.24, 2.45) is 0 Å². The highest BCUT2D eigenvalue weighted by Crippen LogP contribution is 2.10. The lowest BCUT2D eigenvalue weighted by molar-refractivity contribution is -0.135. The normalized spacial score (nSPS) is 15.0. The number of pyridine rings is 1. The molecule has 0 radical (unpaired) electrons. The number of rotatable bonds is 3. The Bertz CT molecular complexity index is 702. The third kappa shape index (κ3) is 3.10. The van der Waals surface area contributed by atoms with Crippen molar-refractivity contribution in [3.63, 3.8) is 0 Å². The van der Waals surface area contributed by atoms with Gasteiger partial charge in [-0.1, -0.05) is 0 Å². The molecule has 1 aliphatic rings. The molecule has 0 N–H and O–H groups in total. The number of fused-ring (bicyclic) bond motifs is 1. The predicted molar refractivity (Wildman–Crippen MR) is 80.6 cm³/mol. The molecule has 0 saturated carbocycles. The highest BCUT2D eigenvalue weighted by molar-refractivity contribution is 5.90. The van der Waals surface area contributed by atoms with Crippen LogP contribution in [0.15, 0.2) is 24.5 Å². The summed E-state index contributed by atoms with van der Waals surface area (Å²) in [5.74, 6) is -0.695. The van der Waals surface area contributed by atoms with Crippen LogP contribution < -0.4 is 0 Å². The number of nitrogens with zero attached hydrogens (tertiary/aromatic N) is 3. The molecular weight excluding hydrogens is 282 g/mol. The third-order valence-corrected chi connectivity index (χ3v) is 3.86. The molecule has 2 aromatic heterocycles. The number of hydrogen-bond donors (Lipinski definition) is 0. The number of piperidine rings is 1. The van der Waals surface area contributed by atoms with Gasteiger partial charge in [0.25, 0.3) is 5.91 Å². The number of ether oxygens (including phenoxy) is 1. The van der Waals surface area contributed by atoms with Gasteiger partial charge in [0, 0.05) is 25.5 Å². The van der Waals surface area contributed by atoms with Gasteiger partial charge in [0.05, 0.1) is 0 Å². The first-order chi connectivity index (χ1) is 10.6.